The molecule has 0 aromatic carbocycles. The van der Waals surface area contributed by atoms with Gasteiger partial charge in [0.1, 0.15) is 6.10 Å². The van der Waals surface area contributed by atoms with E-state index in [4.69, 9.17) is 9.47 Å². The maximum absolute atomic E-state index is 11.2. The van der Waals surface area contributed by atoms with Gasteiger partial charge in [-0.05, 0) is 0 Å². The van der Waals surface area contributed by atoms with Gasteiger partial charge in [-0.3, -0.25) is 4.98 Å². The Bertz CT molecular complexity index is 377. The molecule has 1 saturated heterocycles. The van der Waals surface area contributed by atoms with Crippen molar-refractivity contribution in [3.05, 3.63) is 18.1 Å². The van der Waals surface area contributed by atoms with Crippen molar-refractivity contribution in [2.24, 2.45) is 0 Å². The number of ether oxygens (including phenoxy) is 3. The third kappa shape index (κ3) is 2.46. The first-order chi connectivity index (χ1) is 7.79. The van der Waals surface area contributed by atoms with E-state index in [1.165, 1.54) is 19.5 Å². The van der Waals surface area contributed by atoms with Crippen molar-refractivity contribution in [1.29, 1.82) is 0 Å². The fraction of sp³-hybridized carbons (Fsp3) is 0.500. The highest BCUT2D eigenvalue weighted by Crippen LogP contribution is 2.13. The van der Waals surface area contributed by atoms with Crippen molar-refractivity contribution in [2.45, 2.75) is 12.5 Å². The number of nitrogens with zero attached hydrogens (tertiary/aromatic N) is 2. The van der Waals surface area contributed by atoms with E-state index >= 15 is 0 Å². The molecule has 2 heterocycles. The summed E-state index contributed by atoms with van der Waals surface area (Å²) in [6, 6.07) is 0. The molecule has 1 atom stereocenters. The smallest absolute Gasteiger partial charge is 0.358 e. The summed E-state index contributed by atoms with van der Waals surface area (Å²) in [7, 11) is 1.29. The molecule has 0 spiro atoms. The summed E-state index contributed by atoms with van der Waals surface area (Å²) in [6.07, 6.45) is 3.61. The van der Waals surface area contributed by atoms with Crippen molar-refractivity contribution in [2.75, 3.05) is 20.3 Å². The Balaban J connectivity index is 2.06. The van der Waals surface area contributed by atoms with E-state index in [1.807, 2.05) is 0 Å². The van der Waals surface area contributed by atoms with E-state index in [-0.39, 0.29) is 11.8 Å². The summed E-state index contributed by atoms with van der Waals surface area (Å²) in [5.41, 5.74) is 0.138. The Morgan fingerprint density at radius 2 is 2.44 bits per heavy atom. The number of esters is 1. The lowest BCUT2D eigenvalue weighted by molar-refractivity contribution is 0.0591. The van der Waals surface area contributed by atoms with E-state index in [0.29, 0.717) is 19.1 Å². The van der Waals surface area contributed by atoms with Crippen LogP contribution in [-0.2, 0) is 9.47 Å². The van der Waals surface area contributed by atoms with Gasteiger partial charge in [0.05, 0.1) is 32.7 Å². The van der Waals surface area contributed by atoms with Crippen LogP contribution >= 0.6 is 0 Å². The van der Waals surface area contributed by atoms with Crippen molar-refractivity contribution >= 4 is 5.97 Å². The number of carbonyl (C=O) groups is 1. The van der Waals surface area contributed by atoms with Crippen LogP contribution in [-0.4, -0.2) is 42.4 Å². The van der Waals surface area contributed by atoms with E-state index in [0.717, 1.165) is 6.42 Å². The fourth-order valence-electron chi connectivity index (χ4n) is 1.38. The molecule has 0 saturated carbocycles. The molecule has 0 N–H and O–H groups in total. The molecule has 0 radical (unpaired) electrons. The number of hydrogen-bond donors (Lipinski definition) is 0. The number of hydrogen-bond acceptors (Lipinski definition) is 6. The molecule has 1 fully saturated rings. The standard InChI is InChI=1S/C10H12N2O4/c1-14-10(13)8-4-11-5-9(12-8)16-7-2-3-15-6-7/h4-5,7H,2-3,6H2,1H3. The average molecular weight is 224 g/mol. The lowest BCUT2D eigenvalue weighted by Gasteiger charge is -2.10. The lowest BCUT2D eigenvalue weighted by Crippen LogP contribution is -2.17. The summed E-state index contributed by atoms with van der Waals surface area (Å²) >= 11 is 0. The first-order valence-electron chi connectivity index (χ1n) is 4.94. The van der Waals surface area contributed by atoms with Gasteiger partial charge in [0.2, 0.25) is 5.88 Å². The van der Waals surface area contributed by atoms with Crippen LogP contribution in [0.4, 0.5) is 0 Å². The zero-order valence-electron chi connectivity index (χ0n) is 8.88. The predicted molar refractivity (Wildman–Crippen MR) is 53.2 cm³/mol. The van der Waals surface area contributed by atoms with Crippen LogP contribution < -0.4 is 4.74 Å². The summed E-state index contributed by atoms with van der Waals surface area (Å²) in [6.45, 7) is 1.24. The van der Waals surface area contributed by atoms with Gasteiger partial charge in [-0.15, -0.1) is 0 Å². The highest BCUT2D eigenvalue weighted by molar-refractivity contribution is 5.86. The second-order valence-corrected chi connectivity index (χ2v) is 3.34. The Morgan fingerprint density at radius 3 is 3.12 bits per heavy atom. The molecule has 6 nitrogen and oxygen atoms in total. The van der Waals surface area contributed by atoms with Crippen LogP contribution in [0.25, 0.3) is 0 Å². The van der Waals surface area contributed by atoms with Crippen molar-refractivity contribution < 1.29 is 19.0 Å². The van der Waals surface area contributed by atoms with Crippen molar-refractivity contribution in [3.8, 4) is 5.88 Å². The summed E-state index contributed by atoms with van der Waals surface area (Å²) in [5, 5.41) is 0. The minimum Gasteiger partial charge on any atom is -0.471 e. The molecule has 2 rings (SSSR count). The van der Waals surface area contributed by atoms with Gasteiger partial charge >= 0.3 is 5.97 Å². The number of aromatic nitrogens is 2. The minimum atomic E-state index is -0.527. The zero-order chi connectivity index (χ0) is 11.4. The van der Waals surface area contributed by atoms with Crippen LogP contribution in [0.3, 0.4) is 0 Å². The maximum Gasteiger partial charge on any atom is 0.358 e. The molecule has 1 aromatic rings. The third-order valence-electron chi connectivity index (χ3n) is 2.18. The van der Waals surface area contributed by atoms with Gasteiger partial charge in [0, 0.05) is 6.42 Å². The van der Waals surface area contributed by atoms with Crippen LogP contribution in [0.2, 0.25) is 0 Å². The molecular weight excluding hydrogens is 212 g/mol. The molecule has 0 aliphatic carbocycles. The van der Waals surface area contributed by atoms with Gasteiger partial charge in [0.25, 0.3) is 0 Å². The summed E-state index contributed by atoms with van der Waals surface area (Å²) in [4.78, 5) is 19.1. The van der Waals surface area contributed by atoms with E-state index in [9.17, 15) is 4.79 Å². The first kappa shape index (κ1) is 10.8. The minimum absolute atomic E-state index is 0.0119. The molecule has 6 heteroatoms. The average Bonchev–Trinajstić information content (AvgIpc) is 2.81. The fourth-order valence-corrected chi connectivity index (χ4v) is 1.38. The Hall–Kier alpha value is -1.69. The van der Waals surface area contributed by atoms with Gasteiger partial charge in [0.15, 0.2) is 5.69 Å². The molecule has 0 amide bonds. The zero-order valence-corrected chi connectivity index (χ0v) is 8.88. The normalized spacial score (nSPS) is 19.4. The molecule has 86 valence electrons. The van der Waals surface area contributed by atoms with Gasteiger partial charge in [-0.1, -0.05) is 0 Å². The SMILES string of the molecule is COC(=O)c1cncc(OC2CCOC2)n1. The topological polar surface area (TPSA) is 70.5 Å². The second kappa shape index (κ2) is 4.89. The Labute approximate surface area is 92.6 Å². The van der Waals surface area contributed by atoms with Gasteiger partial charge in [-0.25, -0.2) is 9.78 Å². The van der Waals surface area contributed by atoms with Crippen molar-refractivity contribution in [3.63, 3.8) is 0 Å². The molecule has 1 aromatic heterocycles. The predicted octanol–water partition coefficient (Wildman–Crippen LogP) is 0.431. The molecule has 0 bridgehead atoms. The second-order valence-electron chi connectivity index (χ2n) is 3.34. The molecular formula is C10H12N2O4. The lowest BCUT2D eigenvalue weighted by atomic mass is 10.3. The van der Waals surface area contributed by atoms with Gasteiger partial charge < -0.3 is 14.2 Å². The third-order valence-corrected chi connectivity index (χ3v) is 2.18. The van der Waals surface area contributed by atoms with Gasteiger partial charge in [-0.2, -0.15) is 0 Å². The van der Waals surface area contributed by atoms with Crippen molar-refractivity contribution in [1.82, 2.24) is 9.97 Å². The van der Waals surface area contributed by atoms with Crippen LogP contribution in [0, 0.1) is 0 Å². The van der Waals surface area contributed by atoms with E-state index in [2.05, 4.69) is 14.7 Å². The number of methoxy groups -OCH3 is 1. The van der Waals surface area contributed by atoms with Crippen LogP contribution in [0.15, 0.2) is 12.4 Å². The number of rotatable bonds is 3. The van der Waals surface area contributed by atoms with E-state index < -0.39 is 5.97 Å². The summed E-state index contributed by atoms with van der Waals surface area (Å²) < 4.78 is 15.2. The van der Waals surface area contributed by atoms with E-state index in [1.54, 1.807) is 0 Å². The number of carbonyl (C=O) groups excluding carboxylic acids is 1. The highest BCUT2D eigenvalue weighted by Gasteiger charge is 2.18. The monoisotopic (exact) mass is 224 g/mol. The highest BCUT2D eigenvalue weighted by atomic mass is 16.6. The Morgan fingerprint density at radius 1 is 1.56 bits per heavy atom. The Kier molecular flexibility index (Phi) is 3.31. The molecule has 1 unspecified atom stereocenters. The largest absolute Gasteiger partial charge is 0.471 e. The molecule has 1 aliphatic heterocycles. The molecule has 1 aliphatic rings. The first-order valence-corrected chi connectivity index (χ1v) is 4.94. The summed E-state index contributed by atoms with van der Waals surface area (Å²) in [5.74, 6) is -0.209. The molecule has 16 heavy (non-hydrogen) atoms. The van der Waals surface area contributed by atoms with Crippen LogP contribution in [0.5, 0.6) is 5.88 Å². The maximum atomic E-state index is 11.2. The van der Waals surface area contributed by atoms with Crippen LogP contribution in [0.1, 0.15) is 16.9 Å². The quantitative estimate of drug-likeness (QED) is 0.693.